The number of esters is 1. The highest BCUT2D eigenvalue weighted by Crippen LogP contribution is 2.14. The molecule has 0 aromatic heterocycles. The predicted molar refractivity (Wildman–Crippen MR) is 122 cm³/mol. The Morgan fingerprint density at radius 2 is 1.23 bits per heavy atom. The van der Waals surface area contributed by atoms with Crippen LogP contribution in [0, 0.1) is 0 Å². The summed E-state index contributed by atoms with van der Waals surface area (Å²) in [5.74, 6) is -2.09. The second kappa shape index (κ2) is 18.0. The van der Waals surface area contributed by atoms with E-state index < -0.39 is 23.6 Å². The number of rotatable bonds is 19. The van der Waals surface area contributed by atoms with Crippen LogP contribution in [0.2, 0.25) is 0 Å². The lowest BCUT2D eigenvalue weighted by Gasteiger charge is -2.24. The van der Waals surface area contributed by atoms with E-state index in [0.29, 0.717) is 6.42 Å². The Morgan fingerprint density at radius 3 is 1.65 bits per heavy atom. The standard InChI is InChI=1S/C25H47NO5/c1-5-6-7-8-9-10-11-12-13-14-15-16-17-18-22(27)26-21(19-20-23(28)29)24(30)31-25(2,3)4/h21H,5-20H2,1-4H3,(H,26,27)(H,28,29)/p-1/t21-/m0/s1. The number of aliphatic carboxylic acids is 1. The van der Waals surface area contributed by atoms with Gasteiger partial charge in [-0.1, -0.05) is 84.0 Å². The molecule has 0 saturated heterocycles. The third-order valence-electron chi connectivity index (χ3n) is 5.17. The molecule has 1 N–H and O–H groups in total. The summed E-state index contributed by atoms with van der Waals surface area (Å²) in [5, 5.41) is 13.4. The molecule has 0 bridgehead atoms. The number of hydrogen-bond donors (Lipinski definition) is 1. The van der Waals surface area contributed by atoms with Gasteiger partial charge in [-0.25, -0.2) is 4.79 Å². The van der Waals surface area contributed by atoms with Crippen molar-refractivity contribution < 1.29 is 24.2 Å². The number of carbonyl (C=O) groups is 3. The number of amides is 1. The van der Waals surface area contributed by atoms with Crippen LogP contribution < -0.4 is 10.4 Å². The van der Waals surface area contributed by atoms with E-state index in [1.807, 2.05) is 0 Å². The van der Waals surface area contributed by atoms with Crippen LogP contribution in [-0.2, 0) is 19.1 Å². The maximum atomic E-state index is 12.2. The second-order valence-corrected chi connectivity index (χ2v) is 9.56. The highest BCUT2D eigenvalue weighted by atomic mass is 16.6. The summed E-state index contributed by atoms with van der Waals surface area (Å²) >= 11 is 0. The number of carbonyl (C=O) groups excluding carboxylic acids is 3. The van der Waals surface area contributed by atoms with Gasteiger partial charge < -0.3 is 20.0 Å². The highest BCUT2D eigenvalue weighted by Gasteiger charge is 2.26. The Labute approximate surface area is 189 Å². The average molecular weight is 441 g/mol. The second-order valence-electron chi connectivity index (χ2n) is 9.56. The van der Waals surface area contributed by atoms with Gasteiger partial charge in [0.1, 0.15) is 11.6 Å². The Balaban J connectivity index is 3.89. The quantitative estimate of drug-likeness (QED) is 0.229. The first-order valence-electron chi connectivity index (χ1n) is 12.4. The van der Waals surface area contributed by atoms with Gasteiger partial charge in [0.15, 0.2) is 0 Å². The molecule has 0 fully saturated rings. The van der Waals surface area contributed by atoms with E-state index in [1.54, 1.807) is 20.8 Å². The first-order valence-corrected chi connectivity index (χ1v) is 12.4. The molecule has 182 valence electrons. The summed E-state index contributed by atoms with van der Waals surface area (Å²) in [4.78, 5) is 35.2. The van der Waals surface area contributed by atoms with Crippen molar-refractivity contribution in [2.24, 2.45) is 0 Å². The zero-order chi connectivity index (χ0) is 23.5. The molecule has 0 saturated carbocycles. The summed E-state index contributed by atoms with van der Waals surface area (Å²) < 4.78 is 5.29. The Morgan fingerprint density at radius 1 is 0.774 bits per heavy atom. The number of unbranched alkanes of at least 4 members (excludes halogenated alkanes) is 12. The first kappa shape index (κ1) is 29.4. The van der Waals surface area contributed by atoms with Gasteiger partial charge >= 0.3 is 5.97 Å². The van der Waals surface area contributed by atoms with Crippen molar-refractivity contribution >= 4 is 17.8 Å². The van der Waals surface area contributed by atoms with Gasteiger partial charge in [0.2, 0.25) is 5.91 Å². The van der Waals surface area contributed by atoms with Gasteiger partial charge in [-0.3, -0.25) is 4.79 Å². The third kappa shape index (κ3) is 20.1. The summed E-state index contributed by atoms with van der Waals surface area (Å²) in [6.07, 6.45) is 16.1. The average Bonchev–Trinajstić information content (AvgIpc) is 2.67. The summed E-state index contributed by atoms with van der Waals surface area (Å²) in [5.41, 5.74) is -0.698. The lowest BCUT2D eigenvalue weighted by atomic mass is 10.0. The van der Waals surface area contributed by atoms with Crippen LogP contribution >= 0.6 is 0 Å². The summed E-state index contributed by atoms with van der Waals surface area (Å²) in [6, 6.07) is -0.952. The molecule has 6 heteroatoms. The van der Waals surface area contributed by atoms with Gasteiger partial charge in [-0.2, -0.15) is 0 Å². The van der Waals surface area contributed by atoms with Crippen molar-refractivity contribution in [3.05, 3.63) is 0 Å². The van der Waals surface area contributed by atoms with Gasteiger partial charge in [0.25, 0.3) is 0 Å². The van der Waals surface area contributed by atoms with Crippen LogP contribution in [-0.4, -0.2) is 29.5 Å². The van der Waals surface area contributed by atoms with E-state index in [4.69, 9.17) is 4.74 Å². The maximum absolute atomic E-state index is 12.2. The van der Waals surface area contributed by atoms with E-state index in [0.717, 1.165) is 19.3 Å². The van der Waals surface area contributed by atoms with E-state index in [9.17, 15) is 19.5 Å². The van der Waals surface area contributed by atoms with Crippen molar-refractivity contribution in [2.75, 3.05) is 0 Å². The molecule has 0 radical (unpaired) electrons. The van der Waals surface area contributed by atoms with Crippen LogP contribution in [0.5, 0.6) is 0 Å². The molecule has 1 atom stereocenters. The van der Waals surface area contributed by atoms with Crippen LogP contribution in [0.3, 0.4) is 0 Å². The minimum atomic E-state index is -1.25. The molecule has 0 unspecified atom stereocenters. The zero-order valence-corrected chi connectivity index (χ0v) is 20.4. The fourth-order valence-corrected chi connectivity index (χ4v) is 3.45. The lowest BCUT2D eigenvalue weighted by molar-refractivity contribution is -0.305. The Hall–Kier alpha value is -1.59. The SMILES string of the molecule is CCCCCCCCCCCCCCCC(=O)N[C@@H](CCC(=O)[O-])C(=O)OC(C)(C)C. The monoisotopic (exact) mass is 440 g/mol. The Kier molecular flexibility index (Phi) is 17.1. The number of hydrogen-bond acceptors (Lipinski definition) is 5. The molecule has 0 rings (SSSR count). The maximum Gasteiger partial charge on any atom is 0.329 e. The third-order valence-corrected chi connectivity index (χ3v) is 5.17. The molecular weight excluding hydrogens is 394 g/mol. The van der Waals surface area contributed by atoms with E-state index >= 15 is 0 Å². The van der Waals surface area contributed by atoms with Crippen molar-refractivity contribution in [3.8, 4) is 0 Å². The van der Waals surface area contributed by atoms with Crippen molar-refractivity contribution in [2.45, 2.75) is 142 Å². The first-order chi connectivity index (χ1) is 14.7. The van der Waals surface area contributed by atoms with Crippen molar-refractivity contribution in [1.82, 2.24) is 5.32 Å². The zero-order valence-electron chi connectivity index (χ0n) is 20.4. The smallest absolute Gasteiger partial charge is 0.329 e. The summed E-state index contributed by atoms with van der Waals surface area (Å²) in [6.45, 7) is 7.44. The van der Waals surface area contributed by atoms with Crippen molar-refractivity contribution in [1.29, 1.82) is 0 Å². The molecule has 31 heavy (non-hydrogen) atoms. The van der Waals surface area contributed by atoms with E-state index in [1.165, 1.54) is 64.2 Å². The molecule has 0 heterocycles. The highest BCUT2D eigenvalue weighted by molar-refractivity contribution is 5.85. The number of carboxylic acids is 1. The van der Waals surface area contributed by atoms with Gasteiger partial charge in [0.05, 0.1) is 0 Å². The Bertz CT molecular complexity index is 499. The fourth-order valence-electron chi connectivity index (χ4n) is 3.45. The number of carboxylic acid groups (broad SMARTS) is 1. The summed E-state index contributed by atoms with van der Waals surface area (Å²) in [7, 11) is 0. The van der Waals surface area contributed by atoms with Crippen molar-refractivity contribution in [3.63, 3.8) is 0 Å². The molecule has 6 nitrogen and oxygen atoms in total. The number of nitrogens with one attached hydrogen (secondary N) is 1. The van der Waals surface area contributed by atoms with Gasteiger partial charge in [-0.05, 0) is 40.0 Å². The van der Waals surface area contributed by atoms with Crippen LogP contribution in [0.25, 0.3) is 0 Å². The van der Waals surface area contributed by atoms with E-state index in [-0.39, 0.29) is 18.7 Å². The predicted octanol–water partition coefficient (Wildman–Crippen LogP) is 4.82. The molecule has 0 spiro atoms. The molecule has 0 aliphatic heterocycles. The molecular formula is C25H46NO5-. The topological polar surface area (TPSA) is 95.5 Å². The minimum absolute atomic E-state index is 0.0262. The normalized spacial score (nSPS) is 12.4. The lowest BCUT2D eigenvalue weighted by Crippen LogP contribution is -2.44. The molecule has 0 aliphatic rings. The molecule has 0 aromatic rings. The largest absolute Gasteiger partial charge is 0.550 e. The van der Waals surface area contributed by atoms with Gasteiger partial charge in [-0.15, -0.1) is 0 Å². The van der Waals surface area contributed by atoms with Crippen LogP contribution in [0.1, 0.15) is 130 Å². The number of ether oxygens (including phenoxy) is 1. The van der Waals surface area contributed by atoms with Crippen LogP contribution in [0.4, 0.5) is 0 Å². The molecule has 1 amide bonds. The van der Waals surface area contributed by atoms with Crippen LogP contribution in [0.15, 0.2) is 0 Å². The molecule has 0 aromatic carbocycles. The molecule has 0 aliphatic carbocycles. The van der Waals surface area contributed by atoms with E-state index in [2.05, 4.69) is 12.2 Å². The minimum Gasteiger partial charge on any atom is -0.550 e. The van der Waals surface area contributed by atoms with Gasteiger partial charge in [0, 0.05) is 12.4 Å². The fraction of sp³-hybridized carbons (Fsp3) is 0.880.